The monoisotopic (exact) mass is 350 g/mol. The van der Waals surface area contributed by atoms with Gasteiger partial charge < -0.3 is 4.90 Å². The highest BCUT2D eigenvalue weighted by Gasteiger charge is 2.37. The van der Waals surface area contributed by atoms with Gasteiger partial charge in [0.25, 0.3) is 0 Å². The Morgan fingerprint density at radius 2 is 2.12 bits per heavy atom. The Balaban J connectivity index is 1.73. The van der Waals surface area contributed by atoms with Crippen LogP contribution in [-0.2, 0) is 16.6 Å². The molecule has 2 fully saturated rings. The standard InChI is InChI=1S/C16H26N6O3/c1-20-18-15(17-19-20)14-7-4-8-22(14)16(24)13(10-21(25)11-23)9-12-5-2-3-6-12/h11-14,25H,2-10H2,1H3/t13-,14-/m0/s1. The van der Waals surface area contributed by atoms with Gasteiger partial charge in [0.05, 0.1) is 25.6 Å². The first-order valence-electron chi connectivity index (χ1n) is 9.03. The van der Waals surface area contributed by atoms with E-state index < -0.39 is 5.92 Å². The summed E-state index contributed by atoms with van der Waals surface area (Å²) >= 11 is 0. The molecule has 3 rings (SSSR count). The number of rotatable bonds is 7. The Bertz CT molecular complexity index is 600. The van der Waals surface area contributed by atoms with Crippen LogP contribution < -0.4 is 0 Å². The fraction of sp³-hybridized carbons (Fsp3) is 0.812. The van der Waals surface area contributed by atoms with Gasteiger partial charge in [-0.2, -0.15) is 4.80 Å². The van der Waals surface area contributed by atoms with Crippen LogP contribution in [0.1, 0.15) is 56.8 Å². The van der Waals surface area contributed by atoms with E-state index in [2.05, 4.69) is 15.4 Å². The van der Waals surface area contributed by atoms with E-state index in [1.165, 1.54) is 17.6 Å². The fourth-order valence-electron chi connectivity index (χ4n) is 4.14. The van der Waals surface area contributed by atoms with Crippen molar-refractivity contribution in [3.63, 3.8) is 0 Å². The minimum atomic E-state index is -0.393. The summed E-state index contributed by atoms with van der Waals surface area (Å²) in [6.07, 6.45) is 7.39. The molecule has 0 spiro atoms. The van der Waals surface area contributed by atoms with Crippen LogP contribution in [0, 0.1) is 11.8 Å². The first kappa shape index (κ1) is 17.8. The smallest absolute Gasteiger partial charge is 0.233 e. The van der Waals surface area contributed by atoms with Crippen molar-refractivity contribution in [1.29, 1.82) is 0 Å². The van der Waals surface area contributed by atoms with Gasteiger partial charge in [-0.25, -0.2) is 5.06 Å². The number of aromatic nitrogens is 4. The van der Waals surface area contributed by atoms with Crippen LogP contribution in [0.4, 0.5) is 0 Å². The van der Waals surface area contributed by atoms with Crippen molar-refractivity contribution in [2.45, 2.75) is 51.0 Å². The van der Waals surface area contributed by atoms with Crippen LogP contribution in [0.5, 0.6) is 0 Å². The molecule has 2 heterocycles. The Morgan fingerprint density at radius 1 is 1.36 bits per heavy atom. The third-order valence-electron chi connectivity index (χ3n) is 5.33. The van der Waals surface area contributed by atoms with Crippen molar-refractivity contribution in [1.82, 2.24) is 30.2 Å². The lowest BCUT2D eigenvalue weighted by molar-refractivity contribution is -0.157. The number of carbonyl (C=O) groups excluding carboxylic acids is 2. The van der Waals surface area contributed by atoms with Crippen molar-refractivity contribution in [3.8, 4) is 0 Å². The Kier molecular flexibility index (Phi) is 5.62. The molecule has 1 N–H and O–H groups in total. The number of carbonyl (C=O) groups is 2. The van der Waals surface area contributed by atoms with Crippen LogP contribution in [0.25, 0.3) is 0 Å². The molecule has 0 radical (unpaired) electrons. The molecule has 1 aliphatic carbocycles. The zero-order valence-corrected chi connectivity index (χ0v) is 14.6. The van der Waals surface area contributed by atoms with E-state index in [1.54, 1.807) is 11.9 Å². The fourth-order valence-corrected chi connectivity index (χ4v) is 4.14. The van der Waals surface area contributed by atoms with Gasteiger partial charge in [-0.3, -0.25) is 14.8 Å². The summed E-state index contributed by atoms with van der Waals surface area (Å²) in [5.74, 6) is 0.632. The highest BCUT2D eigenvalue weighted by molar-refractivity contribution is 5.80. The molecule has 25 heavy (non-hydrogen) atoms. The first-order chi connectivity index (χ1) is 12.1. The maximum Gasteiger partial charge on any atom is 0.233 e. The first-order valence-corrected chi connectivity index (χ1v) is 9.03. The molecule has 1 saturated carbocycles. The summed E-state index contributed by atoms with van der Waals surface area (Å²) < 4.78 is 0. The topological polar surface area (TPSA) is 104 Å². The molecule has 2 amide bonds. The average Bonchev–Trinajstić information content (AvgIpc) is 3.34. The van der Waals surface area contributed by atoms with Gasteiger partial charge in [0.15, 0.2) is 5.82 Å². The molecular weight excluding hydrogens is 324 g/mol. The minimum Gasteiger partial charge on any atom is -0.332 e. The van der Waals surface area contributed by atoms with Crippen LogP contribution in [0.3, 0.4) is 0 Å². The van der Waals surface area contributed by atoms with E-state index in [4.69, 9.17) is 0 Å². The summed E-state index contributed by atoms with van der Waals surface area (Å²) in [5.41, 5.74) is 0. The highest BCUT2D eigenvalue weighted by atomic mass is 16.5. The molecule has 2 aliphatic rings. The number of hydrogen-bond acceptors (Lipinski definition) is 6. The molecule has 0 bridgehead atoms. The van der Waals surface area contributed by atoms with E-state index in [-0.39, 0.29) is 18.5 Å². The van der Waals surface area contributed by atoms with Gasteiger partial charge in [-0.15, -0.1) is 10.2 Å². The van der Waals surface area contributed by atoms with E-state index >= 15 is 0 Å². The zero-order valence-electron chi connectivity index (χ0n) is 14.6. The van der Waals surface area contributed by atoms with Gasteiger partial charge in [0.1, 0.15) is 0 Å². The Hall–Kier alpha value is -2.03. The molecule has 1 aromatic rings. The van der Waals surface area contributed by atoms with E-state index in [9.17, 15) is 14.8 Å². The van der Waals surface area contributed by atoms with E-state index in [0.29, 0.717) is 36.2 Å². The third kappa shape index (κ3) is 4.15. The van der Waals surface area contributed by atoms with Crippen molar-refractivity contribution < 1.29 is 14.8 Å². The molecule has 138 valence electrons. The number of aryl methyl sites for hydroxylation is 1. The number of hydroxylamine groups is 2. The molecule has 0 aromatic carbocycles. The van der Waals surface area contributed by atoms with Gasteiger partial charge in [0.2, 0.25) is 12.3 Å². The molecule has 1 saturated heterocycles. The number of amides is 2. The number of tetrazole rings is 1. The Morgan fingerprint density at radius 3 is 2.76 bits per heavy atom. The number of hydrogen-bond donors (Lipinski definition) is 1. The SMILES string of the molecule is Cn1nnc([C@@H]2CCCN2C(=O)[C@@H](CC2CCCC2)CN(O)C=O)n1. The number of likely N-dealkylation sites (tertiary alicyclic amines) is 1. The average molecular weight is 350 g/mol. The highest BCUT2D eigenvalue weighted by Crippen LogP contribution is 2.35. The lowest BCUT2D eigenvalue weighted by Crippen LogP contribution is -2.41. The molecule has 1 aliphatic heterocycles. The lowest BCUT2D eigenvalue weighted by Gasteiger charge is -2.29. The molecular formula is C16H26N6O3. The summed E-state index contributed by atoms with van der Waals surface area (Å²) in [6, 6.07) is -0.171. The molecule has 0 unspecified atom stereocenters. The van der Waals surface area contributed by atoms with Crippen LogP contribution in [-0.4, -0.2) is 60.8 Å². The van der Waals surface area contributed by atoms with Gasteiger partial charge in [0, 0.05) is 6.54 Å². The van der Waals surface area contributed by atoms with Crippen LogP contribution in [0.2, 0.25) is 0 Å². The maximum atomic E-state index is 13.2. The summed E-state index contributed by atoms with van der Waals surface area (Å²) in [7, 11) is 1.70. The second-order valence-electron chi connectivity index (χ2n) is 7.14. The van der Waals surface area contributed by atoms with Gasteiger partial charge >= 0.3 is 0 Å². The van der Waals surface area contributed by atoms with Gasteiger partial charge in [-0.05, 0) is 30.4 Å². The molecule has 1 aromatic heterocycles. The molecule has 9 nitrogen and oxygen atoms in total. The van der Waals surface area contributed by atoms with Crippen molar-refractivity contribution in [2.24, 2.45) is 18.9 Å². The Labute approximate surface area is 146 Å². The third-order valence-corrected chi connectivity index (χ3v) is 5.33. The predicted octanol–water partition coefficient (Wildman–Crippen LogP) is 0.918. The van der Waals surface area contributed by atoms with Crippen molar-refractivity contribution in [2.75, 3.05) is 13.1 Å². The van der Waals surface area contributed by atoms with Crippen molar-refractivity contribution >= 4 is 12.3 Å². The minimum absolute atomic E-state index is 0.0252. The van der Waals surface area contributed by atoms with Crippen LogP contribution in [0.15, 0.2) is 0 Å². The summed E-state index contributed by atoms with van der Waals surface area (Å²) in [5, 5.41) is 22.4. The summed E-state index contributed by atoms with van der Waals surface area (Å²) in [6.45, 7) is 0.686. The maximum absolute atomic E-state index is 13.2. The van der Waals surface area contributed by atoms with Gasteiger partial charge in [-0.1, -0.05) is 25.7 Å². The molecule has 9 heteroatoms. The normalized spacial score (nSPS) is 22.3. The summed E-state index contributed by atoms with van der Waals surface area (Å²) in [4.78, 5) is 27.2. The lowest BCUT2D eigenvalue weighted by atomic mass is 9.91. The quantitative estimate of drug-likeness (QED) is 0.445. The van der Waals surface area contributed by atoms with Crippen LogP contribution >= 0.6 is 0 Å². The zero-order chi connectivity index (χ0) is 17.8. The van der Waals surface area contributed by atoms with E-state index in [0.717, 1.165) is 25.7 Å². The second kappa shape index (κ2) is 7.90. The largest absolute Gasteiger partial charge is 0.332 e. The molecule has 2 atom stereocenters. The van der Waals surface area contributed by atoms with Crippen molar-refractivity contribution in [3.05, 3.63) is 5.82 Å². The second-order valence-corrected chi connectivity index (χ2v) is 7.14. The van der Waals surface area contributed by atoms with E-state index in [1.807, 2.05) is 0 Å². The number of nitrogens with zero attached hydrogens (tertiary/aromatic N) is 6. The predicted molar refractivity (Wildman–Crippen MR) is 87.1 cm³/mol.